The number of rotatable bonds is 6. The zero-order chi connectivity index (χ0) is 18.4. The van der Waals surface area contributed by atoms with Crippen LogP contribution in [0, 0.1) is 11.7 Å². The number of carbonyl (C=O) groups excluding carboxylic acids is 2. The Labute approximate surface area is 151 Å². The van der Waals surface area contributed by atoms with Crippen molar-refractivity contribution in [3.63, 3.8) is 0 Å². The molecule has 6 heteroatoms. The predicted octanol–water partition coefficient (Wildman–Crippen LogP) is 4.64. The first-order valence-corrected chi connectivity index (χ1v) is 8.35. The highest BCUT2D eigenvalue weighted by Crippen LogP contribution is 2.20. The zero-order valence-corrected chi connectivity index (χ0v) is 14.9. The van der Waals surface area contributed by atoms with Crippen LogP contribution >= 0.6 is 11.6 Å². The molecule has 25 heavy (non-hydrogen) atoms. The molecule has 0 aliphatic rings. The summed E-state index contributed by atoms with van der Waals surface area (Å²) in [4.78, 5) is 23.8. The maximum Gasteiger partial charge on any atom is 0.228 e. The number of amides is 2. The minimum atomic E-state index is -0.508. The molecule has 0 saturated carbocycles. The van der Waals surface area contributed by atoms with Gasteiger partial charge in [-0.2, -0.15) is 0 Å². The summed E-state index contributed by atoms with van der Waals surface area (Å²) < 4.78 is 13.7. The lowest BCUT2D eigenvalue weighted by molar-refractivity contribution is -0.117. The van der Waals surface area contributed by atoms with Crippen LogP contribution in [0.15, 0.2) is 42.5 Å². The molecule has 0 saturated heterocycles. The van der Waals surface area contributed by atoms with Crippen molar-refractivity contribution in [3.05, 3.63) is 58.9 Å². The first kappa shape index (κ1) is 18.9. The van der Waals surface area contributed by atoms with Gasteiger partial charge < -0.3 is 10.6 Å². The van der Waals surface area contributed by atoms with Gasteiger partial charge in [-0.25, -0.2) is 4.39 Å². The van der Waals surface area contributed by atoms with E-state index < -0.39 is 5.82 Å². The van der Waals surface area contributed by atoms with E-state index in [9.17, 15) is 14.0 Å². The summed E-state index contributed by atoms with van der Waals surface area (Å²) in [6.45, 7) is 3.94. The molecule has 0 aliphatic heterocycles. The molecule has 0 spiro atoms. The highest BCUT2D eigenvalue weighted by molar-refractivity contribution is 6.31. The normalized spacial score (nSPS) is 10.6. The van der Waals surface area contributed by atoms with E-state index in [1.807, 2.05) is 13.8 Å². The number of hydrogen-bond donors (Lipinski definition) is 2. The first-order valence-electron chi connectivity index (χ1n) is 7.98. The predicted molar refractivity (Wildman–Crippen MR) is 98.3 cm³/mol. The summed E-state index contributed by atoms with van der Waals surface area (Å²) in [6, 6.07) is 11.0. The van der Waals surface area contributed by atoms with Crippen molar-refractivity contribution in [2.24, 2.45) is 5.92 Å². The third-order valence-corrected chi connectivity index (χ3v) is 3.80. The molecule has 0 aromatic heterocycles. The summed E-state index contributed by atoms with van der Waals surface area (Å²) in [5, 5.41) is 5.69. The van der Waals surface area contributed by atoms with Crippen LogP contribution in [0.25, 0.3) is 0 Å². The van der Waals surface area contributed by atoms with Gasteiger partial charge in [-0.1, -0.05) is 31.5 Å². The van der Waals surface area contributed by atoms with E-state index >= 15 is 0 Å². The van der Waals surface area contributed by atoms with Gasteiger partial charge in [0.15, 0.2) is 0 Å². The fraction of sp³-hybridized carbons (Fsp3) is 0.263. The summed E-state index contributed by atoms with van der Waals surface area (Å²) in [6.07, 6.45) is 0.292. The van der Waals surface area contributed by atoms with Crippen molar-refractivity contribution in [1.82, 2.24) is 0 Å². The van der Waals surface area contributed by atoms with E-state index in [2.05, 4.69) is 10.6 Å². The summed E-state index contributed by atoms with van der Waals surface area (Å²) >= 11 is 5.92. The van der Waals surface area contributed by atoms with Crippen LogP contribution in [0.2, 0.25) is 5.02 Å². The van der Waals surface area contributed by atoms with E-state index in [1.54, 1.807) is 30.3 Å². The van der Waals surface area contributed by atoms with E-state index in [0.29, 0.717) is 17.8 Å². The second-order valence-corrected chi connectivity index (χ2v) is 6.56. The summed E-state index contributed by atoms with van der Waals surface area (Å²) in [7, 11) is 0. The highest BCUT2D eigenvalue weighted by Gasteiger charge is 2.12. The van der Waals surface area contributed by atoms with E-state index in [0.717, 1.165) is 0 Å². The van der Waals surface area contributed by atoms with Crippen molar-refractivity contribution in [2.45, 2.75) is 26.7 Å². The quantitative estimate of drug-likeness (QED) is 0.786. The first-order chi connectivity index (χ1) is 11.8. The number of carbonyl (C=O) groups is 2. The third kappa shape index (κ3) is 5.87. The van der Waals surface area contributed by atoms with Crippen molar-refractivity contribution in [3.8, 4) is 0 Å². The van der Waals surface area contributed by atoms with Gasteiger partial charge in [0.1, 0.15) is 5.82 Å². The molecule has 0 fully saturated rings. The number of hydrogen-bond acceptors (Lipinski definition) is 2. The smallest absolute Gasteiger partial charge is 0.228 e. The lowest BCUT2D eigenvalue weighted by Gasteiger charge is -2.10. The molecular formula is C19H20ClFN2O2. The molecule has 0 heterocycles. The van der Waals surface area contributed by atoms with Crippen LogP contribution in [-0.4, -0.2) is 11.8 Å². The van der Waals surface area contributed by atoms with E-state index in [4.69, 9.17) is 11.6 Å². The Morgan fingerprint density at radius 3 is 2.08 bits per heavy atom. The lowest BCUT2D eigenvalue weighted by Crippen LogP contribution is -2.16. The SMILES string of the molecule is CC(C)CC(=O)Nc1ccc(NC(=O)Cc2c(F)cccc2Cl)cc1. The van der Waals surface area contributed by atoms with Gasteiger partial charge >= 0.3 is 0 Å². The van der Waals surface area contributed by atoms with E-state index in [1.165, 1.54) is 12.1 Å². The van der Waals surface area contributed by atoms with Crippen LogP contribution in [-0.2, 0) is 16.0 Å². The Bertz CT molecular complexity index is 740. The Kier molecular flexibility index (Phi) is 6.53. The molecule has 2 aromatic rings. The molecule has 0 bridgehead atoms. The van der Waals surface area contributed by atoms with Gasteiger partial charge in [-0.05, 0) is 42.3 Å². The van der Waals surface area contributed by atoms with Crippen LogP contribution in [0.4, 0.5) is 15.8 Å². The number of halogens is 2. The summed E-state index contributed by atoms with van der Waals surface area (Å²) in [5.74, 6) is -0.654. The number of benzene rings is 2. The Hall–Kier alpha value is -2.40. The number of nitrogens with one attached hydrogen (secondary N) is 2. The molecule has 4 nitrogen and oxygen atoms in total. The highest BCUT2D eigenvalue weighted by atomic mass is 35.5. The Morgan fingerprint density at radius 1 is 1.00 bits per heavy atom. The third-order valence-electron chi connectivity index (χ3n) is 3.45. The standard InChI is InChI=1S/C19H20ClFN2O2/c1-12(2)10-18(24)22-13-6-8-14(9-7-13)23-19(25)11-15-16(20)4-3-5-17(15)21/h3-9,12H,10-11H2,1-2H3,(H,22,24)(H,23,25). The number of anilines is 2. The minimum absolute atomic E-state index is 0.0546. The van der Waals surface area contributed by atoms with Crippen LogP contribution in [0.1, 0.15) is 25.8 Å². The lowest BCUT2D eigenvalue weighted by atomic mass is 10.1. The zero-order valence-electron chi connectivity index (χ0n) is 14.1. The second kappa shape index (κ2) is 8.62. The molecule has 2 rings (SSSR count). The average molecular weight is 363 g/mol. The van der Waals surface area contributed by atoms with Crippen molar-refractivity contribution in [2.75, 3.05) is 10.6 Å². The minimum Gasteiger partial charge on any atom is -0.326 e. The van der Waals surface area contributed by atoms with E-state index in [-0.39, 0.29) is 34.7 Å². The molecule has 2 amide bonds. The molecule has 0 radical (unpaired) electrons. The van der Waals surface area contributed by atoms with Crippen molar-refractivity contribution in [1.29, 1.82) is 0 Å². The van der Waals surface area contributed by atoms with Gasteiger partial charge in [-0.3, -0.25) is 9.59 Å². The van der Waals surface area contributed by atoms with Crippen LogP contribution in [0.3, 0.4) is 0 Å². The van der Waals surface area contributed by atoms with Crippen molar-refractivity contribution < 1.29 is 14.0 Å². The fourth-order valence-corrected chi connectivity index (χ4v) is 2.52. The molecule has 0 unspecified atom stereocenters. The van der Waals surface area contributed by atoms with Crippen molar-refractivity contribution >= 4 is 34.8 Å². The molecule has 132 valence electrons. The Balaban J connectivity index is 1.94. The monoisotopic (exact) mass is 362 g/mol. The summed E-state index contributed by atoms with van der Waals surface area (Å²) in [5.41, 5.74) is 1.37. The molecular weight excluding hydrogens is 343 g/mol. The maximum absolute atomic E-state index is 13.7. The largest absolute Gasteiger partial charge is 0.326 e. The fourth-order valence-electron chi connectivity index (χ4n) is 2.29. The molecule has 0 aliphatic carbocycles. The Morgan fingerprint density at radius 2 is 1.56 bits per heavy atom. The van der Waals surface area contributed by atoms with Crippen LogP contribution in [0.5, 0.6) is 0 Å². The van der Waals surface area contributed by atoms with Gasteiger partial charge in [-0.15, -0.1) is 0 Å². The molecule has 2 aromatic carbocycles. The van der Waals surface area contributed by atoms with Gasteiger partial charge in [0.05, 0.1) is 6.42 Å². The van der Waals surface area contributed by atoms with Crippen LogP contribution < -0.4 is 10.6 Å². The van der Waals surface area contributed by atoms with Gasteiger partial charge in [0.2, 0.25) is 11.8 Å². The molecule has 0 atom stereocenters. The second-order valence-electron chi connectivity index (χ2n) is 6.15. The van der Waals surface area contributed by atoms with Gasteiger partial charge in [0.25, 0.3) is 0 Å². The maximum atomic E-state index is 13.7. The molecule has 2 N–H and O–H groups in total. The topological polar surface area (TPSA) is 58.2 Å². The average Bonchev–Trinajstić information content (AvgIpc) is 2.52. The van der Waals surface area contributed by atoms with Gasteiger partial charge in [0, 0.05) is 28.4 Å².